The van der Waals surface area contributed by atoms with Gasteiger partial charge in [-0.1, -0.05) is 41.6 Å². The van der Waals surface area contributed by atoms with Crippen LogP contribution in [0.3, 0.4) is 0 Å². The zero-order valence-corrected chi connectivity index (χ0v) is 15.8. The molecule has 7 heteroatoms. The molecular formula is C19H18ClN3O2S. The van der Waals surface area contributed by atoms with Crippen molar-refractivity contribution in [1.82, 2.24) is 14.8 Å². The van der Waals surface area contributed by atoms with E-state index in [0.29, 0.717) is 22.9 Å². The summed E-state index contributed by atoms with van der Waals surface area (Å²) in [6.45, 7) is 3.10. The fourth-order valence-electron chi connectivity index (χ4n) is 2.42. The molecule has 0 unspecified atom stereocenters. The Kier molecular flexibility index (Phi) is 6.30. The molecule has 0 aliphatic carbocycles. The third-order valence-corrected chi connectivity index (χ3v) is 4.88. The SMILES string of the molecule is CCn1c(SCCOC(=O)c2ccccc2)nnc1-c1ccc(Cl)cc1. The van der Waals surface area contributed by atoms with E-state index in [2.05, 4.69) is 10.2 Å². The van der Waals surface area contributed by atoms with Crippen LogP contribution in [0.2, 0.25) is 5.02 Å². The second-order valence-corrected chi connectivity index (χ2v) is 6.91. The van der Waals surface area contributed by atoms with Crippen molar-refractivity contribution in [3.63, 3.8) is 0 Å². The largest absolute Gasteiger partial charge is 0.461 e. The van der Waals surface area contributed by atoms with Crippen molar-refractivity contribution in [1.29, 1.82) is 0 Å². The van der Waals surface area contributed by atoms with Gasteiger partial charge in [0.05, 0.1) is 5.56 Å². The van der Waals surface area contributed by atoms with Crippen LogP contribution in [0.15, 0.2) is 59.8 Å². The van der Waals surface area contributed by atoms with E-state index in [-0.39, 0.29) is 5.97 Å². The molecule has 0 bridgehead atoms. The molecular weight excluding hydrogens is 370 g/mol. The van der Waals surface area contributed by atoms with Crippen LogP contribution in [-0.2, 0) is 11.3 Å². The van der Waals surface area contributed by atoms with Crippen LogP contribution in [0.25, 0.3) is 11.4 Å². The number of carbonyl (C=O) groups is 1. The molecule has 134 valence electrons. The molecule has 0 aliphatic rings. The molecule has 0 atom stereocenters. The van der Waals surface area contributed by atoms with Crippen LogP contribution in [0, 0.1) is 0 Å². The number of carbonyl (C=O) groups excluding carboxylic acids is 1. The topological polar surface area (TPSA) is 57.0 Å². The lowest BCUT2D eigenvalue weighted by Crippen LogP contribution is -2.08. The summed E-state index contributed by atoms with van der Waals surface area (Å²) >= 11 is 7.46. The highest BCUT2D eigenvalue weighted by molar-refractivity contribution is 7.99. The van der Waals surface area contributed by atoms with Gasteiger partial charge in [0.25, 0.3) is 0 Å². The number of benzene rings is 2. The first-order chi connectivity index (χ1) is 12.7. The maximum atomic E-state index is 11.9. The lowest BCUT2D eigenvalue weighted by atomic mass is 10.2. The monoisotopic (exact) mass is 387 g/mol. The number of aromatic nitrogens is 3. The van der Waals surface area contributed by atoms with E-state index in [1.54, 1.807) is 12.1 Å². The minimum absolute atomic E-state index is 0.311. The van der Waals surface area contributed by atoms with Crippen LogP contribution in [0.4, 0.5) is 0 Å². The van der Waals surface area contributed by atoms with E-state index < -0.39 is 0 Å². The number of rotatable bonds is 7. The number of ether oxygens (including phenoxy) is 1. The van der Waals surface area contributed by atoms with Crippen LogP contribution in [0.1, 0.15) is 17.3 Å². The average molecular weight is 388 g/mol. The van der Waals surface area contributed by atoms with Gasteiger partial charge in [-0.25, -0.2) is 4.79 Å². The second-order valence-electron chi connectivity index (χ2n) is 5.41. The molecule has 0 fully saturated rings. The highest BCUT2D eigenvalue weighted by Gasteiger charge is 2.13. The summed E-state index contributed by atoms with van der Waals surface area (Å²) in [6.07, 6.45) is 0. The minimum Gasteiger partial charge on any atom is -0.461 e. The van der Waals surface area contributed by atoms with Gasteiger partial charge in [0.2, 0.25) is 0 Å². The summed E-state index contributed by atoms with van der Waals surface area (Å²) in [4.78, 5) is 11.9. The van der Waals surface area contributed by atoms with Crippen LogP contribution >= 0.6 is 23.4 Å². The molecule has 0 aliphatic heterocycles. The Balaban J connectivity index is 1.58. The fourth-order valence-corrected chi connectivity index (χ4v) is 3.36. The number of esters is 1. The molecule has 0 N–H and O–H groups in total. The van der Waals surface area contributed by atoms with Crippen LogP contribution in [0.5, 0.6) is 0 Å². The van der Waals surface area contributed by atoms with Crippen molar-refractivity contribution in [3.8, 4) is 11.4 Å². The summed E-state index contributed by atoms with van der Waals surface area (Å²) in [7, 11) is 0. The Morgan fingerprint density at radius 2 is 1.85 bits per heavy atom. The van der Waals surface area contributed by atoms with E-state index in [1.807, 2.05) is 54.0 Å². The average Bonchev–Trinajstić information content (AvgIpc) is 3.09. The third kappa shape index (κ3) is 4.45. The molecule has 2 aromatic carbocycles. The maximum absolute atomic E-state index is 11.9. The van der Waals surface area contributed by atoms with Gasteiger partial charge in [0.1, 0.15) is 6.61 Å². The van der Waals surface area contributed by atoms with Crippen molar-refractivity contribution >= 4 is 29.3 Å². The maximum Gasteiger partial charge on any atom is 0.338 e. The standard InChI is InChI=1S/C19H18ClN3O2S/c1-2-23-17(14-8-10-16(20)11-9-14)21-22-19(23)26-13-12-25-18(24)15-6-4-3-5-7-15/h3-11H,2,12-13H2,1H3. The molecule has 1 aromatic heterocycles. The lowest BCUT2D eigenvalue weighted by molar-refractivity contribution is 0.0530. The summed E-state index contributed by atoms with van der Waals surface area (Å²) in [6, 6.07) is 16.5. The fraction of sp³-hybridized carbons (Fsp3) is 0.211. The van der Waals surface area contributed by atoms with Crippen LogP contribution in [-0.4, -0.2) is 33.1 Å². The molecule has 0 spiro atoms. The number of hydrogen-bond acceptors (Lipinski definition) is 5. The lowest BCUT2D eigenvalue weighted by Gasteiger charge is -2.08. The van der Waals surface area contributed by atoms with Crippen molar-refractivity contribution in [2.45, 2.75) is 18.6 Å². The molecule has 3 aromatic rings. The zero-order chi connectivity index (χ0) is 18.4. The summed E-state index contributed by atoms with van der Waals surface area (Å²) in [5.41, 5.74) is 1.52. The summed E-state index contributed by atoms with van der Waals surface area (Å²) in [5, 5.41) is 10.0. The number of hydrogen-bond donors (Lipinski definition) is 0. The van der Waals surface area contributed by atoms with E-state index in [0.717, 1.165) is 23.1 Å². The van der Waals surface area contributed by atoms with E-state index in [1.165, 1.54) is 11.8 Å². The highest BCUT2D eigenvalue weighted by atomic mass is 35.5. The van der Waals surface area contributed by atoms with Gasteiger partial charge < -0.3 is 9.30 Å². The van der Waals surface area contributed by atoms with Gasteiger partial charge in [0.15, 0.2) is 11.0 Å². The number of halogens is 1. The Morgan fingerprint density at radius 1 is 1.12 bits per heavy atom. The summed E-state index contributed by atoms with van der Waals surface area (Å²) < 4.78 is 7.33. The highest BCUT2D eigenvalue weighted by Crippen LogP contribution is 2.25. The van der Waals surface area contributed by atoms with Crippen molar-refractivity contribution in [2.24, 2.45) is 0 Å². The van der Waals surface area contributed by atoms with Gasteiger partial charge in [0, 0.05) is 22.9 Å². The van der Waals surface area contributed by atoms with Gasteiger partial charge in [-0.05, 0) is 43.3 Å². The van der Waals surface area contributed by atoms with Crippen molar-refractivity contribution in [3.05, 3.63) is 65.2 Å². The predicted octanol–water partition coefficient (Wildman–Crippen LogP) is 4.57. The Labute approximate surface area is 161 Å². The van der Waals surface area contributed by atoms with Crippen molar-refractivity contribution in [2.75, 3.05) is 12.4 Å². The van der Waals surface area contributed by atoms with Gasteiger partial charge in [-0.15, -0.1) is 10.2 Å². The molecule has 0 amide bonds. The second kappa shape index (κ2) is 8.87. The molecule has 26 heavy (non-hydrogen) atoms. The molecule has 3 rings (SSSR count). The zero-order valence-electron chi connectivity index (χ0n) is 14.3. The summed E-state index contributed by atoms with van der Waals surface area (Å²) in [5.74, 6) is 1.09. The van der Waals surface area contributed by atoms with Crippen LogP contribution < -0.4 is 0 Å². The number of nitrogens with zero attached hydrogens (tertiary/aromatic N) is 3. The quantitative estimate of drug-likeness (QED) is 0.337. The Bertz CT molecular complexity index is 866. The van der Waals surface area contributed by atoms with E-state index in [4.69, 9.17) is 16.3 Å². The van der Waals surface area contributed by atoms with Gasteiger partial charge in [-0.2, -0.15) is 0 Å². The van der Waals surface area contributed by atoms with Crippen molar-refractivity contribution < 1.29 is 9.53 Å². The normalized spacial score (nSPS) is 10.7. The van der Waals surface area contributed by atoms with E-state index in [9.17, 15) is 4.79 Å². The first-order valence-electron chi connectivity index (χ1n) is 8.23. The first-order valence-corrected chi connectivity index (χ1v) is 9.59. The third-order valence-electron chi connectivity index (χ3n) is 3.69. The van der Waals surface area contributed by atoms with Gasteiger partial charge in [-0.3, -0.25) is 0 Å². The Morgan fingerprint density at radius 3 is 2.54 bits per heavy atom. The van der Waals surface area contributed by atoms with E-state index >= 15 is 0 Å². The Hall–Kier alpha value is -2.31. The number of thioether (sulfide) groups is 1. The molecule has 5 nitrogen and oxygen atoms in total. The molecule has 0 saturated carbocycles. The first kappa shape index (κ1) is 18.5. The smallest absolute Gasteiger partial charge is 0.338 e. The minimum atomic E-state index is -0.315. The van der Waals surface area contributed by atoms with Gasteiger partial charge >= 0.3 is 5.97 Å². The molecule has 1 heterocycles. The molecule has 0 radical (unpaired) electrons. The predicted molar refractivity (Wildman–Crippen MR) is 104 cm³/mol. The molecule has 0 saturated heterocycles.